The number of ether oxygens (including phenoxy) is 1. The number of thiazole rings is 1. The van der Waals surface area contributed by atoms with Crippen LogP contribution in [0.4, 0.5) is 4.79 Å². The van der Waals surface area contributed by atoms with Crippen molar-refractivity contribution >= 4 is 62.9 Å². The number of ketones is 2. The van der Waals surface area contributed by atoms with Gasteiger partial charge in [0.2, 0.25) is 17.7 Å². The van der Waals surface area contributed by atoms with E-state index in [0.29, 0.717) is 75.4 Å². The number of Topliss-reactive ketones (excluding diaryl/α,β-unsaturated/α-hetero) is 2. The average Bonchev–Trinajstić information content (AvgIpc) is 3.99. The van der Waals surface area contributed by atoms with Crippen LogP contribution < -0.4 is 15.4 Å². The van der Waals surface area contributed by atoms with Gasteiger partial charge in [-0.15, -0.1) is 11.3 Å². The number of nitrogens with zero attached hydrogens (tertiary/aromatic N) is 4. The summed E-state index contributed by atoms with van der Waals surface area (Å²) in [4.78, 5) is 99.4. The van der Waals surface area contributed by atoms with Crippen molar-refractivity contribution in [3.05, 3.63) is 45.5 Å². The minimum absolute atomic E-state index is 0.0458. The number of carboxylic acids is 1. The molecule has 4 amide bonds. The molecular formula is C60H84N6O11S. The minimum Gasteiger partial charge on any atom is -0.480 e. The van der Waals surface area contributed by atoms with E-state index in [1.54, 1.807) is 59.9 Å². The lowest BCUT2D eigenvalue weighted by atomic mass is 9.43. The molecule has 1 aromatic heterocycles. The number of aliphatic hydroxyl groups excluding tert-OH is 2. The first-order valence-corrected chi connectivity index (χ1v) is 29.3. The summed E-state index contributed by atoms with van der Waals surface area (Å²) in [5.74, 6) is 0.164. The molecule has 2 unspecified atom stereocenters. The van der Waals surface area contributed by atoms with Gasteiger partial charge in [-0.2, -0.15) is 5.26 Å². The molecule has 18 heteroatoms. The molecule has 0 aliphatic heterocycles. The highest BCUT2D eigenvalue weighted by molar-refractivity contribution is 7.19. The summed E-state index contributed by atoms with van der Waals surface area (Å²) in [6, 6.07) is 5.78. The van der Waals surface area contributed by atoms with E-state index < -0.39 is 29.6 Å². The van der Waals surface area contributed by atoms with Crippen LogP contribution in [0.15, 0.2) is 40.5 Å². The summed E-state index contributed by atoms with van der Waals surface area (Å²) in [7, 11) is 1.59. The molecule has 4 saturated carbocycles. The number of carbonyl (C=O) groups excluding carboxylic acids is 6. The Morgan fingerprint density at radius 3 is 2.35 bits per heavy atom. The van der Waals surface area contributed by atoms with Crippen LogP contribution in [0, 0.1) is 63.1 Å². The molecule has 0 bridgehead atoms. The number of benzene rings is 1. The second-order valence-corrected chi connectivity index (χ2v) is 25.7. The van der Waals surface area contributed by atoms with E-state index in [4.69, 9.17) is 4.74 Å². The summed E-state index contributed by atoms with van der Waals surface area (Å²) in [6.07, 6.45) is 8.72. The molecular weight excluding hydrogens is 1010 g/mol. The number of carboxylic acid groups (broad SMARTS) is 1. The predicted octanol–water partition coefficient (Wildman–Crippen LogP) is 8.69. The van der Waals surface area contributed by atoms with E-state index in [1.807, 2.05) is 6.07 Å². The fourth-order valence-electron chi connectivity index (χ4n) is 14.8. The number of likely N-dealkylation sites (N-methyl/N-ethyl adjacent to an activating group) is 1. The molecule has 7 rings (SSSR count). The van der Waals surface area contributed by atoms with Gasteiger partial charge in [-0.05, 0) is 163 Å². The normalized spacial score (nSPS) is 27.7. The molecule has 11 atom stereocenters. The van der Waals surface area contributed by atoms with Gasteiger partial charge in [-0.1, -0.05) is 34.6 Å². The maximum atomic E-state index is 13.7. The van der Waals surface area contributed by atoms with E-state index >= 15 is 0 Å². The fourth-order valence-corrected chi connectivity index (χ4v) is 15.6. The number of hydrogen-bond donors (Lipinski definition) is 5. The SMILES string of the molecule is CC1=C(C)C(=O)C(C(C)(C)CC(=O)N(C)CCN(CCCC(=O)NCCCCC(NC(=O)CCC(C)[C@H]2CC[C@H]3[C@@H]4CC[C@@H]5C[C@H](O)CC[C@]5(C)[C@H]4C[C@H](O)[C@]23C)C(=O)O)C(=O)Oc2ccc3nc(C#N)sc3c2)=C(C)C1=O. The number of aliphatic carboxylic acids is 1. The van der Waals surface area contributed by atoms with Crippen molar-refractivity contribution < 1.29 is 53.6 Å². The molecule has 1 heterocycles. The van der Waals surface area contributed by atoms with Crippen LogP contribution in [-0.2, 0) is 28.8 Å². The number of unbranched alkanes of at least 4 members (excludes halogenated alkanes) is 1. The summed E-state index contributed by atoms with van der Waals surface area (Å²) in [6.45, 7) is 15.8. The molecule has 17 nitrogen and oxygen atoms in total. The number of rotatable bonds is 22. The average molecular weight is 1100 g/mol. The number of allylic oxidation sites excluding steroid dienone is 4. The highest BCUT2D eigenvalue weighted by Crippen LogP contribution is 2.68. The fraction of sp³-hybridized carbons (Fsp3) is 0.683. The highest BCUT2D eigenvalue weighted by Gasteiger charge is 2.63. The minimum atomic E-state index is -1.12. The molecule has 426 valence electrons. The Hall–Kier alpha value is -5.51. The van der Waals surface area contributed by atoms with Crippen LogP contribution in [0.5, 0.6) is 5.75 Å². The van der Waals surface area contributed by atoms with Gasteiger partial charge in [0.1, 0.15) is 17.9 Å². The second-order valence-electron chi connectivity index (χ2n) is 24.7. The van der Waals surface area contributed by atoms with Gasteiger partial charge in [0, 0.05) is 86.3 Å². The zero-order valence-corrected chi connectivity index (χ0v) is 48.2. The maximum absolute atomic E-state index is 13.7. The Kier molecular flexibility index (Phi) is 19.2. The van der Waals surface area contributed by atoms with Gasteiger partial charge in [0.05, 0.1) is 22.4 Å². The molecule has 0 spiro atoms. The third-order valence-electron chi connectivity index (χ3n) is 19.5. The third-order valence-corrected chi connectivity index (χ3v) is 20.5. The van der Waals surface area contributed by atoms with E-state index in [9.17, 15) is 54.1 Å². The van der Waals surface area contributed by atoms with Crippen LogP contribution in [-0.4, -0.2) is 123 Å². The van der Waals surface area contributed by atoms with E-state index in [1.165, 1.54) is 9.80 Å². The Bertz CT molecular complexity index is 2740. The Balaban J connectivity index is 0.851. The molecule has 5 aliphatic rings. The number of carbonyl (C=O) groups is 7. The van der Waals surface area contributed by atoms with Crippen molar-refractivity contribution in [3.63, 3.8) is 0 Å². The molecule has 4 fully saturated rings. The molecule has 5 aliphatic carbocycles. The van der Waals surface area contributed by atoms with Crippen molar-refractivity contribution in [1.82, 2.24) is 25.4 Å². The summed E-state index contributed by atoms with van der Waals surface area (Å²) < 4.78 is 6.42. The van der Waals surface area contributed by atoms with E-state index in [0.717, 1.165) is 62.7 Å². The van der Waals surface area contributed by atoms with Crippen molar-refractivity contribution in [3.8, 4) is 11.8 Å². The van der Waals surface area contributed by atoms with Crippen molar-refractivity contribution in [2.24, 2.45) is 51.8 Å². The van der Waals surface area contributed by atoms with Gasteiger partial charge < -0.3 is 40.5 Å². The predicted molar refractivity (Wildman–Crippen MR) is 296 cm³/mol. The van der Waals surface area contributed by atoms with Gasteiger partial charge in [0.25, 0.3) is 0 Å². The van der Waals surface area contributed by atoms with Crippen LogP contribution >= 0.6 is 11.3 Å². The molecule has 1 aromatic carbocycles. The number of nitriles is 1. The van der Waals surface area contributed by atoms with Gasteiger partial charge >= 0.3 is 12.1 Å². The number of aromatic nitrogens is 1. The highest BCUT2D eigenvalue weighted by atomic mass is 32.1. The number of aliphatic hydroxyl groups is 2. The number of fused-ring (bicyclic) bond motifs is 6. The summed E-state index contributed by atoms with van der Waals surface area (Å²) in [5, 5.41) is 47.6. The van der Waals surface area contributed by atoms with Crippen LogP contribution in [0.3, 0.4) is 0 Å². The lowest BCUT2D eigenvalue weighted by molar-refractivity contribution is -0.175. The van der Waals surface area contributed by atoms with Crippen LogP contribution in [0.2, 0.25) is 0 Å². The monoisotopic (exact) mass is 1100 g/mol. The first-order valence-electron chi connectivity index (χ1n) is 28.4. The maximum Gasteiger partial charge on any atom is 0.415 e. The second kappa shape index (κ2) is 24.9. The first-order chi connectivity index (χ1) is 36.8. The zero-order valence-electron chi connectivity index (χ0n) is 47.4. The largest absolute Gasteiger partial charge is 0.480 e. The molecule has 2 aromatic rings. The van der Waals surface area contributed by atoms with E-state index in [2.05, 4.69) is 36.4 Å². The molecule has 0 saturated heterocycles. The van der Waals surface area contributed by atoms with Crippen LogP contribution in [0.1, 0.15) is 163 Å². The number of amides is 4. The van der Waals surface area contributed by atoms with Crippen molar-refractivity contribution in [2.75, 3.05) is 33.2 Å². The third kappa shape index (κ3) is 12.9. The Morgan fingerprint density at radius 1 is 0.897 bits per heavy atom. The Labute approximate surface area is 464 Å². The topological polar surface area (TPSA) is 257 Å². The van der Waals surface area contributed by atoms with Crippen LogP contribution in [0.25, 0.3) is 10.2 Å². The smallest absolute Gasteiger partial charge is 0.415 e. The molecule has 0 radical (unpaired) electrons. The van der Waals surface area contributed by atoms with E-state index in [-0.39, 0.29) is 127 Å². The summed E-state index contributed by atoms with van der Waals surface area (Å²) >= 11 is 1.16. The first kappa shape index (κ1) is 60.1. The van der Waals surface area contributed by atoms with Crippen molar-refractivity contribution in [1.29, 1.82) is 5.26 Å². The molecule has 5 N–H and O–H groups in total. The quantitative estimate of drug-likeness (QED) is 0.0547. The lowest BCUT2D eigenvalue weighted by Gasteiger charge is -2.62. The Morgan fingerprint density at radius 2 is 1.63 bits per heavy atom. The van der Waals surface area contributed by atoms with Crippen molar-refractivity contribution in [2.45, 2.75) is 176 Å². The summed E-state index contributed by atoms with van der Waals surface area (Å²) in [5.41, 5.74) is 0.944. The zero-order chi connectivity index (χ0) is 57.0. The lowest BCUT2D eigenvalue weighted by Crippen LogP contribution is -2.58. The van der Waals surface area contributed by atoms with Gasteiger partial charge in [-0.25, -0.2) is 14.6 Å². The van der Waals surface area contributed by atoms with Gasteiger partial charge in [-0.3, -0.25) is 24.0 Å². The van der Waals surface area contributed by atoms with Gasteiger partial charge in [0.15, 0.2) is 16.6 Å². The number of hydrogen-bond acceptors (Lipinski definition) is 13. The standard InChI is InChI=1S/C60H84N6O11S/c1-34(42-19-20-43-41-18-16-38-29-39(67)23-24-59(38,7)44(41)31-48(68)60(42,43)8)15-22-50(70)63-46(56(74)75)13-10-11-25-62-49(69)14-12-26-66(57(76)77-40-17-21-45-47(30-40)78-51(33-61)64-45)28-27-65(9)52(71)32-58(5,6)53-37(4)54(72)35(2)36(3)55(53)73/h17,21,30,34,38-39,41-44,46,48,67-68H,10-16,18-20,22-29,31-32H2,1-9H3,(H,62,69)(H,63,70)(H,74,75)/t34?,38-,39-,41+,42-,43+,44+,46?,48+,59+,60-/m1/s1. The number of nitrogens with one attached hydrogen (secondary N) is 2. The molecule has 78 heavy (non-hydrogen) atoms.